The summed E-state index contributed by atoms with van der Waals surface area (Å²) in [5.74, 6) is -0.00612. The predicted octanol–water partition coefficient (Wildman–Crippen LogP) is 5.21. The molecule has 2 atom stereocenters. The van der Waals surface area contributed by atoms with Crippen LogP contribution in [0.4, 0.5) is 4.79 Å². The Bertz CT molecular complexity index is 1470. The summed E-state index contributed by atoms with van der Waals surface area (Å²) < 4.78 is 44.3. The molecule has 1 heterocycles. The lowest BCUT2D eigenvalue weighted by molar-refractivity contribution is -0.144. The van der Waals surface area contributed by atoms with E-state index in [4.69, 9.17) is 14.2 Å². The van der Waals surface area contributed by atoms with E-state index in [0.29, 0.717) is 24.2 Å². The van der Waals surface area contributed by atoms with Crippen molar-refractivity contribution < 1.29 is 32.2 Å². The molecule has 0 spiro atoms. The fourth-order valence-corrected chi connectivity index (χ4v) is 6.43. The zero-order valence-electron chi connectivity index (χ0n) is 23.7. The van der Waals surface area contributed by atoms with Gasteiger partial charge >= 0.3 is 12.1 Å². The Morgan fingerprint density at radius 1 is 0.976 bits per heavy atom. The average molecular weight is 581 g/mol. The Hall–Kier alpha value is -3.89. The van der Waals surface area contributed by atoms with E-state index in [2.05, 4.69) is 5.32 Å². The van der Waals surface area contributed by atoms with Crippen LogP contribution in [-0.4, -0.2) is 50.1 Å². The maximum Gasteiger partial charge on any atom is 0.408 e. The molecule has 1 aliphatic heterocycles. The van der Waals surface area contributed by atoms with Crippen LogP contribution < -0.4 is 10.1 Å². The molecule has 1 fully saturated rings. The highest BCUT2D eigenvalue weighted by Gasteiger charge is 2.40. The SMILES string of the molecule is COC(=O)[C@@H]1CCCN1S(=O)(=O)c1cccc(COc2cccc([C@@H](NC(=O)OC(C)(C)C)c3ccccc3)c2)c1. The molecule has 41 heavy (non-hydrogen) atoms. The first kappa shape index (κ1) is 30.1. The van der Waals surface area contributed by atoms with Crippen molar-refractivity contribution in [2.24, 2.45) is 0 Å². The van der Waals surface area contributed by atoms with E-state index in [-0.39, 0.29) is 18.0 Å². The first-order valence-corrected chi connectivity index (χ1v) is 14.9. The number of hydrogen-bond donors (Lipinski definition) is 1. The molecule has 0 bridgehead atoms. The number of hydrogen-bond acceptors (Lipinski definition) is 7. The summed E-state index contributed by atoms with van der Waals surface area (Å²) in [6, 6.07) is 22.1. The third kappa shape index (κ3) is 7.65. The molecule has 0 aliphatic carbocycles. The van der Waals surface area contributed by atoms with Gasteiger partial charge in [-0.3, -0.25) is 4.79 Å². The van der Waals surface area contributed by atoms with E-state index in [9.17, 15) is 18.0 Å². The summed E-state index contributed by atoms with van der Waals surface area (Å²) in [5, 5.41) is 2.95. The highest BCUT2D eigenvalue weighted by atomic mass is 32.2. The second kappa shape index (κ2) is 12.7. The summed E-state index contributed by atoms with van der Waals surface area (Å²) in [7, 11) is -2.64. The van der Waals surface area contributed by atoms with Gasteiger partial charge in [0.05, 0.1) is 18.0 Å². The topological polar surface area (TPSA) is 111 Å². The molecule has 1 saturated heterocycles. The van der Waals surface area contributed by atoms with Crippen molar-refractivity contribution >= 4 is 22.1 Å². The van der Waals surface area contributed by atoms with Gasteiger partial charge in [0.1, 0.15) is 24.0 Å². The molecule has 0 unspecified atom stereocenters. The summed E-state index contributed by atoms with van der Waals surface area (Å²) in [4.78, 5) is 24.9. The minimum absolute atomic E-state index is 0.0915. The van der Waals surface area contributed by atoms with Gasteiger partial charge in [-0.25, -0.2) is 13.2 Å². The van der Waals surface area contributed by atoms with Gasteiger partial charge < -0.3 is 19.5 Å². The molecule has 1 amide bonds. The smallest absolute Gasteiger partial charge is 0.408 e. The van der Waals surface area contributed by atoms with Gasteiger partial charge in [0.25, 0.3) is 0 Å². The summed E-state index contributed by atoms with van der Waals surface area (Å²) in [6.07, 6.45) is 0.478. The number of carbonyl (C=O) groups excluding carboxylic acids is 2. The molecule has 0 radical (unpaired) electrons. The first-order valence-electron chi connectivity index (χ1n) is 13.4. The van der Waals surface area contributed by atoms with Crippen molar-refractivity contribution in [1.29, 1.82) is 0 Å². The minimum Gasteiger partial charge on any atom is -0.489 e. The third-order valence-electron chi connectivity index (χ3n) is 6.57. The van der Waals surface area contributed by atoms with Crippen LogP contribution in [0.1, 0.15) is 56.3 Å². The van der Waals surface area contributed by atoms with Crippen LogP contribution in [0.5, 0.6) is 5.75 Å². The van der Waals surface area contributed by atoms with Gasteiger partial charge in [-0.05, 0) is 74.6 Å². The minimum atomic E-state index is -3.90. The Labute approximate surface area is 241 Å². The van der Waals surface area contributed by atoms with E-state index in [1.54, 1.807) is 45.0 Å². The fraction of sp³-hybridized carbons (Fsp3) is 0.355. The maximum atomic E-state index is 13.4. The van der Waals surface area contributed by atoms with E-state index < -0.39 is 39.8 Å². The molecule has 9 nitrogen and oxygen atoms in total. The standard InChI is InChI=1S/C31H36N2O7S/c1-31(2,3)40-30(35)32-28(23-12-6-5-7-13-23)24-14-9-15-25(20-24)39-21-22-11-8-16-26(19-22)41(36,37)33-18-10-17-27(33)29(34)38-4/h5-9,11-16,19-20,27-28H,10,17-18,21H2,1-4H3,(H,32,35)/t27-,28-/m0/s1. The highest BCUT2D eigenvalue weighted by molar-refractivity contribution is 7.89. The number of nitrogens with zero attached hydrogens (tertiary/aromatic N) is 1. The van der Waals surface area contributed by atoms with Crippen molar-refractivity contribution in [3.63, 3.8) is 0 Å². The van der Waals surface area contributed by atoms with E-state index in [0.717, 1.165) is 11.1 Å². The number of ether oxygens (including phenoxy) is 3. The second-order valence-corrected chi connectivity index (χ2v) is 12.7. The lowest BCUT2D eigenvalue weighted by atomic mass is 9.98. The Balaban J connectivity index is 1.51. The number of amides is 1. The quantitative estimate of drug-likeness (QED) is 0.346. The van der Waals surface area contributed by atoms with Crippen LogP contribution in [0, 0.1) is 0 Å². The third-order valence-corrected chi connectivity index (χ3v) is 8.48. The molecule has 10 heteroatoms. The molecule has 0 aromatic heterocycles. The van der Waals surface area contributed by atoms with Gasteiger partial charge in [0.15, 0.2) is 0 Å². The van der Waals surface area contributed by atoms with Crippen LogP contribution >= 0.6 is 0 Å². The Morgan fingerprint density at radius 2 is 1.68 bits per heavy atom. The maximum absolute atomic E-state index is 13.4. The van der Waals surface area contributed by atoms with Gasteiger partial charge in [0.2, 0.25) is 10.0 Å². The first-order chi connectivity index (χ1) is 19.5. The van der Waals surface area contributed by atoms with Gasteiger partial charge in [-0.2, -0.15) is 4.31 Å². The van der Waals surface area contributed by atoms with E-state index in [1.165, 1.54) is 17.5 Å². The van der Waals surface area contributed by atoms with E-state index in [1.807, 2.05) is 48.5 Å². The number of sulfonamides is 1. The number of carbonyl (C=O) groups is 2. The lowest BCUT2D eigenvalue weighted by Crippen LogP contribution is -2.41. The monoisotopic (exact) mass is 580 g/mol. The number of nitrogens with one attached hydrogen (secondary N) is 1. The molecule has 0 saturated carbocycles. The van der Waals surface area contributed by atoms with Crippen molar-refractivity contribution in [2.75, 3.05) is 13.7 Å². The average Bonchev–Trinajstić information content (AvgIpc) is 3.45. The van der Waals surface area contributed by atoms with Crippen molar-refractivity contribution in [3.8, 4) is 5.75 Å². The van der Waals surface area contributed by atoms with Gasteiger partial charge in [0, 0.05) is 6.54 Å². The molecular weight excluding hydrogens is 544 g/mol. The molecule has 1 aliphatic rings. The highest BCUT2D eigenvalue weighted by Crippen LogP contribution is 2.29. The largest absolute Gasteiger partial charge is 0.489 e. The molecule has 218 valence electrons. The normalized spacial score (nSPS) is 16.5. The second-order valence-electron chi connectivity index (χ2n) is 10.8. The van der Waals surface area contributed by atoms with Crippen LogP contribution in [0.15, 0.2) is 83.8 Å². The molecule has 4 rings (SSSR count). The fourth-order valence-electron chi connectivity index (χ4n) is 4.71. The van der Waals surface area contributed by atoms with Crippen LogP contribution in [0.3, 0.4) is 0 Å². The lowest BCUT2D eigenvalue weighted by Gasteiger charge is -2.24. The molecule has 1 N–H and O–H groups in total. The van der Waals surface area contributed by atoms with E-state index >= 15 is 0 Å². The zero-order valence-corrected chi connectivity index (χ0v) is 24.5. The number of alkyl carbamates (subject to hydrolysis) is 1. The predicted molar refractivity (Wildman–Crippen MR) is 154 cm³/mol. The zero-order chi connectivity index (χ0) is 29.6. The number of rotatable bonds is 9. The Morgan fingerprint density at radius 3 is 2.39 bits per heavy atom. The van der Waals surface area contributed by atoms with Gasteiger partial charge in [-0.15, -0.1) is 0 Å². The van der Waals surface area contributed by atoms with Crippen LogP contribution in [0.25, 0.3) is 0 Å². The van der Waals surface area contributed by atoms with Gasteiger partial charge in [-0.1, -0.05) is 54.6 Å². The summed E-state index contributed by atoms with van der Waals surface area (Å²) in [6.45, 7) is 5.79. The Kier molecular flexibility index (Phi) is 9.35. The molecular formula is C31H36N2O7S. The summed E-state index contributed by atoms with van der Waals surface area (Å²) >= 11 is 0. The van der Waals surface area contributed by atoms with Crippen LogP contribution in [-0.2, 0) is 30.9 Å². The van der Waals surface area contributed by atoms with Crippen molar-refractivity contribution in [3.05, 3.63) is 95.6 Å². The summed E-state index contributed by atoms with van der Waals surface area (Å²) in [5.41, 5.74) is 1.67. The number of benzene rings is 3. The van der Waals surface area contributed by atoms with Crippen molar-refractivity contribution in [1.82, 2.24) is 9.62 Å². The molecule has 3 aromatic rings. The number of esters is 1. The van der Waals surface area contributed by atoms with Crippen LogP contribution in [0.2, 0.25) is 0 Å². The van der Waals surface area contributed by atoms with Crippen molar-refractivity contribution in [2.45, 2.75) is 62.8 Å². The molecule has 3 aromatic carbocycles. The number of methoxy groups -OCH3 is 1.